The van der Waals surface area contributed by atoms with Crippen molar-refractivity contribution in [3.05, 3.63) is 131 Å². The second-order valence-electron chi connectivity index (χ2n) is 12.4. The summed E-state index contributed by atoms with van der Waals surface area (Å²) in [5.41, 5.74) is 2.96. The van der Waals surface area contributed by atoms with Crippen molar-refractivity contribution in [2.24, 2.45) is 0 Å². The molecule has 0 saturated carbocycles. The maximum atomic E-state index is 13.3. The van der Waals surface area contributed by atoms with E-state index in [1.54, 1.807) is 36.4 Å². The van der Waals surface area contributed by atoms with Crippen LogP contribution < -0.4 is 0 Å². The Kier molecular flexibility index (Phi) is 14.7. The van der Waals surface area contributed by atoms with Crippen LogP contribution in [0.5, 0.6) is 0 Å². The maximum Gasteiger partial charge on any atom is 0.416 e. The Hall–Kier alpha value is -3.23. The van der Waals surface area contributed by atoms with Crippen molar-refractivity contribution in [3.8, 4) is 22.3 Å². The SMILES string of the molecule is CCC(C)c1cc2c(-c3ccccc3C(F)(F)F)cccc2[cH-]1.CCC(C)c1cc2c(-c3ccccc3C(F)(F)F)cccc2[cH-]1.C[Si]C.[Hf]. The summed E-state index contributed by atoms with van der Waals surface area (Å²) in [7, 11) is 1.08. The van der Waals surface area contributed by atoms with E-state index in [0.29, 0.717) is 23.0 Å². The summed E-state index contributed by atoms with van der Waals surface area (Å²) >= 11 is 0. The molecule has 0 aliphatic heterocycles. The molecule has 2 radical (unpaired) electrons. The van der Waals surface area contributed by atoms with Crippen LogP contribution >= 0.6 is 0 Å². The fourth-order valence-corrected chi connectivity index (χ4v) is 5.96. The van der Waals surface area contributed by atoms with Gasteiger partial charge in [0.15, 0.2) is 0 Å². The van der Waals surface area contributed by atoms with Crippen molar-refractivity contribution in [2.75, 3.05) is 0 Å². The normalized spacial score (nSPS) is 12.7. The first-order chi connectivity index (χ1) is 23.2. The van der Waals surface area contributed by atoms with Crippen LogP contribution in [-0.2, 0) is 38.2 Å². The minimum Gasteiger partial charge on any atom is -0.166 e. The van der Waals surface area contributed by atoms with Gasteiger partial charge < -0.3 is 0 Å². The Morgan fingerprint density at radius 3 is 1.18 bits per heavy atom. The quantitative estimate of drug-likeness (QED) is 0.0889. The average molecular weight is 867 g/mol. The van der Waals surface area contributed by atoms with Gasteiger partial charge in [-0.15, -0.1) is 69.1 Å². The molecule has 0 aromatic heterocycles. The van der Waals surface area contributed by atoms with Crippen LogP contribution in [-0.4, -0.2) is 9.52 Å². The zero-order valence-corrected chi connectivity index (χ0v) is 33.8. The van der Waals surface area contributed by atoms with E-state index in [9.17, 15) is 26.3 Å². The summed E-state index contributed by atoms with van der Waals surface area (Å²) in [6, 6.07) is 30.9. The predicted octanol–water partition coefficient (Wildman–Crippen LogP) is 14.3. The number of alkyl halides is 6. The molecule has 0 nitrogen and oxygen atoms in total. The van der Waals surface area contributed by atoms with Gasteiger partial charge in [-0.1, -0.05) is 113 Å². The molecule has 0 N–H and O–H groups in total. The van der Waals surface area contributed by atoms with Crippen LogP contribution in [0, 0.1) is 0 Å². The first-order valence-corrected chi connectivity index (χ1v) is 18.5. The second-order valence-corrected chi connectivity index (χ2v) is 13.4. The van der Waals surface area contributed by atoms with Gasteiger partial charge in [0.25, 0.3) is 0 Å². The molecular formula is C42H42F6HfSi-2. The topological polar surface area (TPSA) is 0 Å². The molecule has 0 aliphatic rings. The minimum absolute atomic E-state index is 0. The third-order valence-electron chi connectivity index (χ3n) is 8.95. The van der Waals surface area contributed by atoms with Crippen molar-refractivity contribution < 1.29 is 52.2 Å². The number of rotatable bonds is 6. The first-order valence-electron chi connectivity index (χ1n) is 16.5. The maximum absolute atomic E-state index is 13.3. The van der Waals surface area contributed by atoms with Crippen molar-refractivity contribution in [1.29, 1.82) is 0 Å². The van der Waals surface area contributed by atoms with Gasteiger partial charge in [-0.05, 0) is 35.1 Å². The van der Waals surface area contributed by atoms with Crippen LogP contribution in [0.25, 0.3) is 43.8 Å². The summed E-state index contributed by atoms with van der Waals surface area (Å²) in [6.45, 7) is 12.8. The summed E-state index contributed by atoms with van der Waals surface area (Å²) < 4.78 is 79.9. The number of halogens is 6. The molecule has 6 rings (SSSR count). The fraction of sp³-hybridized carbons (Fsp3) is 0.286. The molecule has 6 aromatic carbocycles. The van der Waals surface area contributed by atoms with Crippen molar-refractivity contribution in [3.63, 3.8) is 0 Å². The average Bonchev–Trinajstić information content (AvgIpc) is 3.72. The Labute approximate surface area is 313 Å². The number of fused-ring (bicyclic) bond motifs is 2. The molecule has 8 heteroatoms. The van der Waals surface area contributed by atoms with Crippen molar-refractivity contribution >= 4 is 31.1 Å². The minimum atomic E-state index is -4.36. The van der Waals surface area contributed by atoms with E-state index in [1.165, 1.54) is 23.3 Å². The summed E-state index contributed by atoms with van der Waals surface area (Å²) in [4.78, 5) is 0. The van der Waals surface area contributed by atoms with Gasteiger partial charge >= 0.3 is 12.4 Å². The fourth-order valence-electron chi connectivity index (χ4n) is 5.96. The van der Waals surface area contributed by atoms with E-state index in [-0.39, 0.29) is 37.0 Å². The number of hydrogen-bond donors (Lipinski definition) is 0. The van der Waals surface area contributed by atoms with Crippen molar-refractivity contribution in [1.82, 2.24) is 0 Å². The van der Waals surface area contributed by atoms with Crippen molar-refractivity contribution in [2.45, 2.75) is 77.8 Å². The Morgan fingerprint density at radius 2 is 0.860 bits per heavy atom. The first kappa shape index (κ1) is 41.2. The molecule has 0 fully saturated rings. The molecule has 2 unspecified atom stereocenters. The van der Waals surface area contributed by atoms with Crippen LogP contribution in [0.15, 0.2) is 109 Å². The van der Waals surface area contributed by atoms with Gasteiger partial charge in [-0.25, -0.2) is 0 Å². The molecule has 0 aliphatic carbocycles. The van der Waals surface area contributed by atoms with Crippen LogP contribution in [0.3, 0.4) is 0 Å². The largest absolute Gasteiger partial charge is 0.416 e. The predicted molar refractivity (Wildman–Crippen MR) is 195 cm³/mol. The summed E-state index contributed by atoms with van der Waals surface area (Å²) in [6.07, 6.45) is -6.70. The molecule has 262 valence electrons. The smallest absolute Gasteiger partial charge is 0.166 e. The monoisotopic (exact) mass is 868 g/mol. The molecule has 0 amide bonds. The van der Waals surface area contributed by atoms with E-state index < -0.39 is 23.5 Å². The number of hydrogen-bond acceptors (Lipinski definition) is 0. The zero-order chi connectivity index (χ0) is 35.9. The summed E-state index contributed by atoms with van der Waals surface area (Å²) in [5, 5.41) is 3.77. The van der Waals surface area contributed by atoms with Gasteiger partial charge in [0.05, 0.1) is 11.1 Å². The second kappa shape index (κ2) is 17.8. The molecular weight excluding hydrogens is 825 g/mol. The van der Waals surface area contributed by atoms with Gasteiger partial charge in [0, 0.05) is 35.4 Å². The third-order valence-corrected chi connectivity index (χ3v) is 8.95. The summed E-state index contributed by atoms with van der Waals surface area (Å²) in [5.74, 6) is 0.793. The Balaban J connectivity index is 0.000000246. The van der Waals surface area contributed by atoms with E-state index >= 15 is 0 Å². The Morgan fingerprint density at radius 1 is 0.540 bits per heavy atom. The van der Waals surface area contributed by atoms with E-state index in [4.69, 9.17) is 0 Å². The molecule has 0 heterocycles. The van der Waals surface area contributed by atoms with Gasteiger partial charge in [0.1, 0.15) is 0 Å². The molecule has 0 bridgehead atoms. The van der Waals surface area contributed by atoms with Gasteiger partial charge in [-0.2, -0.15) is 38.5 Å². The standard InChI is InChI=1S/2C20H18F3.C2H6Si.Hf/c2*1-3-13(2)15-11-14-7-6-9-16(18(14)12-15)17-8-4-5-10-19(17)20(21,22)23;1-3-2;/h2*4-13H,3H2,1-2H3;1-2H3;/q2*-1;;. The van der Waals surface area contributed by atoms with Gasteiger partial charge in [0.2, 0.25) is 0 Å². The molecule has 6 aromatic rings. The van der Waals surface area contributed by atoms with E-state index in [1.807, 2.05) is 36.4 Å². The van der Waals surface area contributed by atoms with E-state index in [0.717, 1.165) is 56.0 Å². The van der Waals surface area contributed by atoms with Crippen LogP contribution in [0.1, 0.15) is 74.6 Å². The third kappa shape index (κ3) is 9.55. The van der Waals surface area contributed by atoms with Crippen LogP contribution in [0.2, 0.25) is 13.1 Å². The number of benzene rings is 4. The van der Waals surface area contributed by atoms with Crippen LogP contribution in [0.4, 0.5) is 26.3 Å². The Bertz CT molecular complexity index is 1820. The zero-order valence-electron chi connectivity index (χ0n) is 29.2. The molecule has 50 heavy (non-hydrogen) atoms. The van der Waals surface area contributed by atoms with Gasteiger partial charge in [-0.3, -0.25) is 0 Å². The molecule has 0 spiro atoms. The molecule has 0 saturated heterocycles. The van der Waals surface area contributed by atoms with E-state index in [2.05, 4.69) is 52.9 Å². The molecule has 2 atom stereocenters.